The Morgan fingerprint density at radius 3 is 2.55 bits per heavy atom. The molecule has 0 spiro atoms. The van der Waals surface area contributed by atoms with Crippen LogP contribution in [0.4, 0.5) is 0 Å². The van der Waals surface area contributed by atoms with Crippen molar-refractivity contribution >= 4 is 43.5 Å². The molecular weight excluding hydrogens is 458 g/mol. The molecule has 0 bridgehead atoms. The van der Waals surface area contributed by atoms with Crippen LogP contribution in [0.1, 0.15) is 20.8 Å². The van der Waals surface area contributed by atoms with E-state index in [0.29, 0.717) is 4.83 Å². The van der Waals surface area contributed by atoms with Crippen LogP contribution in [0.3, 0.4) is 0 Å². The van der Waals surface area contributed by atoms with Crippen molar-refractivity contribution < 1.29 is 9.53 Å². The summed E-state index contributed by atoms with van der Waals surface area (Å²) in [4.78, 5) is 44.0. The minimum Gasteiger partial charge on any atom is -0.457 e. The molecular formula is C20H14BrN3O4S. The van der Waals surface area contributed by atoms with Crippen LogP contribution >= 0.6 is 27.3 Å². The van der Waals surface area contributed by atoms with Gasteiger partial charge in [0, 0.05) is 16.9 Å². The average molecular weight is 472 g/mol. The number of hydrogen-bond acceptors (Lipinski definition) is 6. The van der Waals surface area contributed by atoms with Crippen LogP contribution in [0.15, 0.2) is 68.9 Å². The van der Waals surface area contributed by atoms with Crippen molar-refractivity contribution in [1.29, 1.82) is 0 Å². The summed E-state index contributed by atoms with van der Waals surface area (Å²) in [7, 11) is 0. The van der Waals surface area contributed by atoms with Crippen LogP contribution in [0, 0.1) is 0 Å². The molecule has 0 atom stereocenters. The number of thiophene rings is 1. The van der Waals surface area contributed by atoms with Crippen molar-refractivity contribution in [2.45, 2.75) is 13.2 Å². The molecule has 0 saturated carbocycles. The topological polar surface area (TPSA) is 94.1 Å². The van der Waals surface area contributed by atoms with Gasteiger partial charge in [0.25, 0.3) is 5.56 Å². The van der Waals surface area contributed by atoms with Crippen LogP contribution in [0.2, 0.25) is 0 Å². The van der Waals surface area contributed by atoms with Gasteiger partial charge >= 0.3 is 11.7 Å². The molecule has 29 heavy (non-hydrogen) atoms. The first kappa shape index (κ1) is 19.3. The lowest BCUT2D eigenvalue weighted by Gasteiger charge is -2.07. The van der Waals surface area contributed by atoms with E-state index in [0.717, 1.165) is 26.9 Å². The van der Waals surface area contributed by atoms with E-state index >= 15 is 0 Å². The number of pyridine rings is 1. The van der Waals surface area contributed by atoms with Gasteiger partial charge in [0.05, 0.1) is 11.9 Å². The number of ether oxygens (including phenoxy) is 1. The third kappa shape index (κ3) is 4.20. The largest absolute Gasteiger partial charge is 0.457 e. The average Bonchev–Trinajstić information content (AvgIpc) is 3.17. The predicted octanol–water partition coefficient (Wildman–Crippen LogP) is 3.31. The lowest BCUT2D eigenvalue weighted by atomic mass is 10.2. The molecule has 0 saturated heterocycles. The maximum absolute atomic E-state index is 12.5. The molecule has 9 heteroatoms. The summed E-state index contributed by atoms with van der Waals surface area (Å²) in [5.41, 5.74) is 0.642. The van der Waals surface area contributed by atoms with Gasteiger partial charge in [-0.15, -0.1) is 11.3 Å². The minimum atomic E-state index is -0.551. The Balaban J connectivity index is 1.66. The fraction of sp³-hybridized carbons (Fsp3) is 0.100. The van der Waals surface area contributed by atoms with Crippen LogP contribution in [-0.4, -0.2) is 20.5 Å². The van der Waals surface area contributed by atoms with Gasteiger partial charge in [-0.25, -0.2) is 9.59 Å². The monoisotopic (exact) mass is 471 g/mol. The number of H-pyrrole nitrogens is 1. The van der Waals surface area contributed by atoms with Crippen molar-refractivity contribution in [2.24, 2.45) is 0 Å². The Kier molecular flexibility index (Phi) is 5.41. The maximum atomic E-state index is 12.5. The second-order valence-electron chi connectivity index (χ2n) is 6.23. The van der Waals surface area contributed by atoms with Crippen molar-refractivity contribution in [3.8, 4) is 0 Å². The lowest BCUT2D eigenvalue weighted by Crippen LogP contribution is -2.29. The predicted molar refractivity (Wildman–Crippen MR) is 113 cm³/mol. The quantitative estimate of drug-likeness (QED) is 0.450. The number of esters is 1. The van der Waals surface area contributed by atoms with Crippen LogP contribution in [0.5, 0.6) is 0 Å². The van der Waals surface area contributed by atoms with Crippen molar-refractivity contribution in [2.75, 3.05) is 0 Å². The number of aromatic amines is 1. The number of aromatic nitrogens is 3. The zero-order valence-corrected chi connectivity index (χ0v) is 17.3. The van der Waals surface area contributed by atoms with Crippen LogP contribution < -0.4 is 11.2 Å². The fourth-order valence-electron chi connectivity index (χ4n) is 2.78. The first-order chi connectivity index (χ1) is 14.0. The SMILES string of the molecule is O=C(OCc1ccncc1)c1cc2c(=O)[nH]c(=O)n(Cc3ccc(Br)cc3)c2s1. The molecule has 0 unspecified atom stereocenters. The first-order valence-electron chi connectivity index (χ1n) is 8.58. The summed E-state index contributed by atoms with van der Waals surface area (Å²) >= 11 is 4.44. The van der Waals surface area contributed by atoms with Gasteiger partial charge in [-0.05, 0) is 41.5 Å². The molecule has 0 aliphatic carbocycles. The molecule has 3 aromatic heterocycles. The molecule has 4 aromatic rings. The van der Waals surface area contributed by atoms with E-state index in [2.05, 4.69) is 25.9 Å². The Morgan fingerprint density at radius 1 is 1.10 bits per heavy atom. The lowest BCUT2D eigenvalue weighted by molar-refractivity contribution is 0.0478. The van der Waals surface area contributed by atoms with Gasteiger partial charge in [-0.2, -0.15) is 0 Å². The molecule has 7 nitrogen and oxygen atoms in total. The minimum absolute atomic E-state index is 0.0949. The molecule has 1 aromatic carbocycles. The normalized spacial score (nSPS) is 10.9. The molecule has 4 rings (SSSR count). The van der Waals surface area contributed by atoms with E-state index < -0.39 is 17.2 Å². The van der Waals surface area contributed by atoms with E-state index in [1.807, 2.05) is 24.3 Å². The first-order valence-corrected chi connectivity index (χ1v) is 10.2. The molecule has 0 fully saturated rings. The number of carbonyl (C=O) groups is 1. The van der Waals surface area contributed by atoms with Gasteiger partial charge in [-0.1, -0.05) is 28.1 Å². The molecule has 0 amide bonds. The summed E-state index contributed by atoms with van der Waals surface area (Å²) < 4.78 is 7.70. The van der Waals surface area contributed by atoms with E-state index in [-0.39, 0.29) is 23.4 Å². The van der Waals surface area contributed by atoms with Gasteiger partial charge in [-0.3, -0.25) is 19.3 Å². The molecule has 0 radical (unpaired) electrons. The second kappa shape index (κ2) is 8.14. The highest BCUT2D eigenvalue weighted by Gasteiger charge is 2.17. The van der Waals surface area contributed by atoms with E-state index in [4.69, 9.17) is 4.74 Å². The fourth-order valence-corrected chi connectivity index (χ4v) is 4.10. The highest BCUT2D eigenvalue weighted by Crippen LogP contribution is 2.24. The highest BCUT2D eigenvalue weighted by atomic mass is 79.9. The van der Waals surface area contributed by atoms with Crippen molar-refractivity contribution in [3.63, 3.8) is 0 Å². The van der Waals surface area contributed by atoms with E-state index in [1.54, 1.807) is 24.5 Å². The van der Waals surface area contributed by atoms with Crippen molar-refractivity contribution in [3.05, 3.63) is 96.2 Å². The molecule has 146 valence electrons. The van der Waals surface area contributed by atoms with Crippen LogP contribution in [0.25, 0.3) is 10.2 Å². The standard InChI is InChI=1S/C20H14BrN3O4S/c21-14-3-1-12(2-4-14)10-24-18-15(17(25)23-20(24)27)9-16(29-18)19(26)28-11-13-5-7-22-8-6-13/h1-9H,10-11H2,(H,23,25,27). The summed E-state index contributed by atoms with van der Waals surface area (Å²) in [6, 6.07) is 12.5. The smallest absolute Gasteiger partial charge is 0.348 e. The van der Waals surface area contributed by atoms with Crippen molar-refractivity contribution in [1.82, 2.24) is 14.5 Å². The van der Waals surface area contributed by atoms with Crippen LogP contribution in [-0.2, 0) is 17.9 Å². The van der Waals surface area contributed by atoms with Gasteiger partial charge < -0.3 is 4.74 Å². The van der Waals surface area contributed by atoms with E-state index in [9.17, 15) is 14.4 Å². The summed E-state index contributed by atoms with van der Waals surface area (Å²) in [5.74, 6) is -0.551. The molecule has 1 N–H and O–H groups in total. The maximum Gasteiger partial charge on any atom is 0.348 e. The Hall–Kier alpha value is -3.04. The van der Waals surface area contributed by atoms with Gasteiger partial charge in [0.2, 0.25) is 0 Å². The summed E-state index contributed by atoms with van der Waals surface area (Å²) in [5, 5.41) is 0.280. The number of hydrogen-bond donors (Lipinski definition) is 1. The number of nitrogens with zero attached hydrogens (tertiary/aromatic N) is 2. The third-order valence-electron chi connectivity index (χ3n) is 4.24. The Bertz CT molecular complexity index is 1290. The number of nitrogens with one attached hydrogen (secondary N) is 1. The number of rotatable bonds is 5. The zero-order valence-electron chi connectivity index (χ0n) is 14.9. The zero-order chi connectivity index (χ0) is 20.4. The van der Waals surface area contributed by atoms with E-state index in [1.165, 1.54) is 10.6 Å². The summed E-state index contributed by atoms with van der Waals surface area (Å²) in [6.45, 7) is 0.364. The second-order valence-corrected chi connectivity index (χ2v) is 8.18. The number of carbonyl (C=O) groups excluding carboxylic acids is 1. The molecule has 0 aliphatic rings. The molecule has 3 heterocycles. The molecule has 0 aliphatic heterocycles. The third-order valence-corrected chi connectivity index (χ3v) is 5.91. The number of halogens is 1. The highest BCUT2D eigenvalue weighted by molar-refractivity contribution is 9.10. The Labute approximate surface area is 176 Å². The Morgan fingerprint density at radius 2 is 1.83 bits per heavy atom. The van der Waals surface area contributed by atoms with Gasteiger partial charge in [0.15, 0.2) is 0 Å². The number of benzene rings is 1. The summed E-state index contributed by atoms with van der Waals surface area (Å²) in [6.07, 6.45) is 3.23. The number of fused-ring (bicyclic) bond motifs is 1. The van der Waals surface area contributed by atoms with Gasteiger partial charge in [0.1, 0.15) is 16.3 Å².